The Hall–Kier alpha value is -2.54. The Morgan fingerprint density at radius 3 is 2.90 bits per heavy atom. The van der Waals surface area contributed by atoms with Crippen LogP contribution >= 0.6 is 0 Å². The Labute approximate surface area is 174 Å². The van der Waals surface area contributed by atoms with Gasteiger partial charge in [-0.05, 0) is 32.0 Å². The van der Waals surface area contributed by atoms with Crippen molar-refractivity contribution in [2.75, 3.05) is 46.9 Å². The van der Waals surface area contributed by atoms with Gasteiger partial charge in [0, 0.05) is 32.2 Å². The number of amides is 1. The average molecular weight is 402 g/mol. The summed E-state index contributed by atoms with van der Waals surface area (Å²) in [5.74, 6) is 1.44. The number of ether oxygens (including phenoxy) is 1. The Morgan fingerprint density at radius 2 is 2.17 bits per heavy atom. The van der Waals surface area contributed by atoms with Crippen molar-refractivity contribution in [3.63, 3.8) is 0 Å². The maximum absolute atomic E-state index is 12.0. The highest BCUT2D eigenvalue weighted by Gasteiger charge is 2.22. The monoisotopic (exact) mass is 401 g/mol. The molecule has 7 heteroatoms. The number of nitrogens with zero attached hydrogens (tertiary/aromatic N) is 3. The second-order valence-electron chi connectivity index (χ2n) is 7.32. The molecule has 7 nitrogen and oxygen atoms in total. The Balaban J connectivity index is 2.05. The van der Waals surface area contributed by atoms with Gasteiger partial charge in [-0.1, -0.05) is 37.8 Å². The van der Waals surface area contributed by atoms with E-state index < -0.39 is 0 Å². The van der Waals surface area contributed by atoms with Crippen molar-refractivity contribution in [2.24, 2.45) is 4.99 Å². The van der Waals surface area contributed by atoms with Gasteiger partial charge in [0.25, 0.3) is 0 Å². The molecular formula is C22H35N5O2. The van der Waals surface area contributed by atoms with Gasteiger partial charge in [-0.25, -0.2) is 4.99 Å². The molecule has 2 rings (SSSR count). The van der Waals surface area contributed by atoms with Crippen LogP contribution in [-0.4, -0.2) is 74.6 Å². The van der Waals surface area contributed by atoms with Crippen LogP contribution in [0.15, 0.2) is 41.9 Å². The predicted octanol–water partition coefficient (Wildman–Crippen LogP) is 1.86. The highest BCUT2D eigenvalue weighted by atomic mass is 16.5. The number of nitrogens with one attached hydrogen (secondary N) is 2. The van der Waals surface area contributed by atoms with E-state index in [1.54, 1.807) is 25.1 Å². The molecule has 1 aliphatic rings. The Bertz CT molecular complexity index is 690. The van der Waals surface area contributed by atoms with Crippen molar-refractivity contribution in [2.45, 2.75) is 32.4 Å². The molecule has 0 bridgehead atoms. The van der Waals surface area contributed by atoms with Crippen molar-refractivity contribution >= 4 is 11.9 Å². The van der Waals surface area contributed by atoms with Gasteiger partial charge in [0.1, 0.15) is 12.4 Å². The smallest absolute Gasteiger partial charge is 0.241 e. The third-order valence-corrected chi connectivity index (χ3v) is 5.05. The number of rotatable bonds is 10. The summed E-state index contributed by atoms with van der Waals surface area (Å²) < 4.78 is 5.72. The van der Waals surface area contributed by atoms with E-state index in [9.17, 15) is 4.79 Å². The quantitative estimate of drug-likeness (QED) is 0.356. The summed E-state index contributed by atoms with van der Waals surface area (Å²) in [6, 6.07) is 8.35. The number of aliphatic imine (C=N–C) groups is 1. The van der Waals surface area contributed by atoms with Crippen molar-refractivity contribution in [1.82, 2.24) is 20.4 Å². The van der Waals surface area contributed by atoms with Gasteiger partial charge in [-0.3, -0.25) is 9.69 Å². The summed E-state index contributed by atoms with van der Waals surface area (Å²) in [7, 11) is 3.50. The van der Waals surface area contributed by atoms with Crippen LogP contribution in [0.1, 0.15) is 25.3 Å². The SMILES string of the molecule is C=CCOc1ccccc1CN=C(NCC(=O)N(C)C)NCC1CCCN1CC. The minimum atomic E-state index is 0.00488. The summed E-state index contributed by atoms with van der Waals surface area (Å²) in [5.41, 5.74) is 0.991. The number of guanidine groups is 1. The predicted molar refractivity (Wildman–Crippen MR) is 118 cm³/mol. The van der Waals surface area contributed by atoms with Crippen LogP contribution in [0.5, 0.6) is 5.75 Å². The lowest BCUT2D eigenvalue weighted by atomic mass is 10.2. The van der Waals surface area contributed by atoms with Gasteiger partial charge >= 0.3 is 0 Å². The first kappa shape index (κ1) is 22.7. The number of hydrogen-bond donors (Lipinski definition) is 2. The number of likely N-dealkylation sites (tertiary alicyclic amines) is 1. The lowest BCUT2D eigenvalue weighted by molar-refractivity contribution is -0.127. The molecule has 2 N–H and O–H groups in total. The van der Waals surface area contributed by atoms with Crippen LogP contribution < -0.4 is 15.4 Å². The molecule has 0 aliphatic carbocycles. The number of carbonyl (C=O) groups is 1. The first-order valence-corrected chi connectivity index (χ1v) is 10.3. The standard InChI is InChI=1S/C22H35N5O2/c1-5-14-29-20-12-8-7-10-18(20)15-23-22(25-17-21(28)26(3)4)24-16-19-11-9-13-27(19)6-2/h5,7-8,10,12,19H,1,6,9,11,13-17H2,2-4H3,(H2,23,24,25). The van der Waals surface area contributed by atoms with Crippen LogP contribution in [0.4, 0.5) is 0 Å². The van der Waals surface area contributed by atoms with Crippen molar-refractivity contribution < 1.29 is 9.53 Å². The van der Waals surface area contributed by atoms with Crippen LogP contribution in [0.25, 0.3) is 0 Å². The summed E-state index contributed by atoms with van der Waals surface area (Å²) in [6.45, 7) is 10.0. The van der Waals surface area contributed by atoms with E-state index in [-0.39, 0.29) is 12.5 Å². The number of hydrogen-bond acceptors (Lipinski definition) is 4. The molecule has 1 atom stereocenters. The van der Waals surface area contributed by atoms with Crippen LogP contribution in [-0.2, 0) is 11.3 Å². The lowest BCUT2D eigenvalue weighted by Gasteiger charge is -2.24. The number of likely N-dealkylation sites (N-methyl/N-ethyl adjacent to an activating group) is 2. The molecule has 1 amide bonds. The molecule has 160 valence electrons. The van der Waals surface area contributed by atoms with Crippen molar-refractivity contribution in [3.05, 3.63) is 42.5 Å². The van der Waals surface area contributed by atoms with E-state index in [0.717, 1.165) is 30.9 Å². The zero-order valence-corrected chi connectivity index (χ0v) is 18.0. The molecule has 1 unspecified atom stereocenters. The van der Waals surface area contributed by atoms with Gasteiger partial charge in [0.2, 0.25) is 5.91 Å². The first-order valence-electron chi connectivity index (χ1n) is 10.3. The van der Waals surface area contributed by atoms with E-state index in [1.807, 2.05) is 24.3 Å². The molecule has 1 saturated heterocycles. The molecule has 0 aromatic heterocycles. The normalized spacial score (nSPS) is 17.1. The molecule has 0 spiro atoms. The molecule has 0 radical (unpaired) electrons. The fourth-order valence-electron chi connectivity index (χ4n) is 3.34. The second-order valence-corrected chi connectivity index (χ2v) is 7.32. The van der Waals surface area contributed by atoms with E-state index in [2.05, 4.69) is 29.0 Å². The molecule has 29 heavy (non-hydrogen) atoms. The first-order chi connectivity index (χ1) is 14.0. The fourth-order valence-corrected chi connectivity index (χ4v) is 3.34. The Morgan fingerprint density at radius 1 is 1.38 bits per heavy atom. The molecular weight excluding hydrogens is 366 g/mol. The summed E-state index contributed by atoms with van der Waals surface area (Å²) in [5, 5.41) is 6.59. The molecule has 1 aromatic carbocycles. The van der Waals surface area contributed by atoms with Crippen LogP contribution in [0.3, 0.4) is 0 Å². The van der Waals surface area contributed by atoms with E-state index >= 15 is 0 Å². The van der Waals surface area contributed by atoms with E-state index in [0.29, 0.717) is 25.2 Å². The average Bonchev–Trinajstić information content (AvgIpc) is 3.19. The van der Waals surface area contributed by atoms with Gasteiger partial charge in [-0.15, -0.1) is 0 Å². The van der Waals surface area contributed by atoms with Gasteiger partial charge < -0.3 is 20.3 Å². The molecule has 1 fully saturated rings. The zero-order valence-electron chi connectivity index (χ0n) is 18.0. The minimum absolute atomic E-state index is 0.00488. The maximum Gasteiger partial charge on any atom is 0.241 e. The summed E-state index contributed by atoms with van der Waals surface area (Å²) >= 11 is 0. The highest BCUT2D eigenvalue weighted by molar-refractivity contribution is 5.86. The third-order valence-electron chi connectivity index (χ3n) is 5.05. The fraction of sp³-hybridized carbons (Fsp3) is 0.545. The Kier molecular flexibility index (Phi) is 9.50. The second kappa shape index (κ2) is 12.1. The van der Waals surface area contributed by atoms with Gasteiger partial charge in [-0.2, -0.15) is 0 Å². The van der Waals surface area contributed by atoms with Crippen molar-refractivity contribution in [1.29, 1.82) is 0 Å². The lowest BCUT2D eigenvalue weighted by Crippen LogP contribution is -2.47. The molecule has 0 saturated carbocycles. The van der Waals surface area contributed by atoms with Gasteiger partial charge in [0.15, 0.2) is 5.96 Å². The summed E-state index contributed by atoms with van der Waals surface area (Å²) in [4.78, 5) is 20.7. The van der Waals surface area contributed by atoms with E-state index in [4.69, 9.17) is 9.73 Å². The number of para-hydroxylation sites is 1. The van der Waals surface area contributed by atoms with E-state index in [1.165, 1.54) is 12.8 Å². The summed E-state index contributed by atoms with van der Waals surface area (Å²) in [6.07, 6.45) is 4.14. The largest absolute Gasteiger partial charge is 0.489 e. The minimum Gasteiger partial charge on any atom is -0.489 e. The molecule has 1 heterocycles. The number of benzene rings is 1. The topological polar surface area (TPSA) is 69.2 Å². The molecule has 1 aromatic rings. The zero-order chi connectivity index (χ0) is 21.1. The maximum atomic E-state index is 12.0. The van der Waals surface area contributed by atoms with Crippen LogP contribution in [0.2, 0.25) is 0 Å². The molecule has 1 aliphatic heterocycles. The van der Waals surface area contributed by atoms with Crippen LogP contribution in [0, 0.1) is 0 Å². The van der Waals surface area contributed by atoms with Crippen molar-refractivity contribution in [3.8, 4) is 5.75 Å². The third kappa shape index (κ3) is 7.42. The number of carbonyl (C=O) groups excluding carboxylic acids is 1. The van der Waals surface area contributed by atoms with Gasteiger partial charge in [0.05, 0.1) is 13.1 Å². The highest BCUT2D eigenvalue weighted by Crippen LogP contribution is 2.19.